The lowest BCUT2D eigenvalue weighted by Gasteiger charge is -2.11. The van der Waals surface area contributed by atoms with Gasteiger partial charge in [0.05, 0.1) is 6.42 Å². The summed E-state index contributed by atoms with van der Waals surface area (Å²) in [7, 11) is 0. The van der Waals surface area contributed by atoms with Gasteiger partial charge in [-0.05, 0) is 17.7 Å². The van der Waals surface area contributed by atoms with Crippen LogP contribution in [0.25, 0.3) is 11.1 Å². The molecule has 0 aliphatic carbocycles. The first-order valence-electron chi connectivity index (χ1n) is 5.88. The molecular formula is C14H10F4N2O. The van der Waals surface area contributed by atoms with Crippen molar-refractivity contribution in [2.24, 2.45) is 5.73 Å². The number of benzene rings is 1. The fourth-order valence-corrected chi connectivity index (χ4v) is 1.94. The molecule has 0 aliphatic rings. The van der Waals surface area contributed by atoms with Crippen LogP contribution in [0.1, 0.15) is 11.3 Å². The minimum Gasteiger partial charge on any atom is -0.369 e. The van der Waals surface area contributed by atoms with Gasteiger partial charge in [-0.3, -0.25) is 9.78 Å². The van der Waals surface area contributed by atoms with Crippen molar-refractivity contribution in [2.45, 2.75) is 12.6 Å². The molecule has 0 atom stereocenters. The number of halogens is 4. The van der Waals surface area contributed by atoms with Crippen LogP contribution >= 0.6 is 0 Å². The van der Waals surface area contributed by atoms with Crippen LogP contribution in [0.15, 0.2) is 36.5 Å². The minimum absolute atomic E-state index is 0.0255. The topological polar surface area (TPSA) is 56.0 Å². The van der Waals surface area contributed by atoms with Crippen molar-refractivity contribution in [1.82, 2.24) is 4.98 Å². The Balaban J connectivity index is 2.49. The first-order valence-corrected chi connectivity index (χ1v) is 5.88. The summed E-state index contributed by atoms with van der Waals surface area (Å²) in [5, 5.41) is 0. The van der Waals surface area contributed by atoms with Gasteiger partial charge in [-0.25, -0.2) is 4.39 Å². The maximum Gasteiger partial charge on any atom is 0.433 e. The quantitative estimate of drug-likeness (QED) is 0.886. The van der Waals surface area contributed by atoms with Crippen LogP contribution in [0.5, 0.6) is 0 Å². The largest absolute Gasteiger partial charge is 0.433 e. The number of nitrogens with two attached hydrogens (primary N) is 1. The predicted octanol–water partition coefficient (Wildman–Crippen LogP) is 2.93. The lowest BCUT2D eigenvalue weighted by molar-refractivity contribution is -0.141. The summed E-state index contributed by atoms with van der Waals surface area (Å²) in [6.45, 7) is 0. The van der Waals surface area contributed by atoms with Gasteiger partial charge in [-0.1, -0.05) is 18.2 Å². The number of nitrogens with zero attached hydrogens (tertiary/aromatic N) is 1. The number of primary amides is 1. The number of pyridine rings is 1. The van der Waals surface area contributed by atoms with E-state index in [2.05, 4.69) is 4.98 Å². The van der Waals surface area contributed by atoms with E-state index in [1.165, 1.54) is 12.1 Å². The summed E-state index contributed by atoms with van der Waals surface area (Å²) in [5.74, 6) is -1.32. The van der Waals surface area contributed by atoms with Gasteiger partial charge in [0, 0.05) is 17.3 Å². The SMILES string of the molecule is NC(=O)Cc1cccc(F)c1-c1ccc(C(F)(F)F)nc1. The molecular weight excluding hydrogens is 288 g/mol. The van der Waals surface area contributed by atoms with Crippen molar-refractivity contribution in [3.8, 4) is 11.1 Å². The Morgan fingerprint density at radius 3 is 2.43 bits per heavy atom. The highest BCUT2D eigenvalue weighted by atomic mass is 19.4. The van der Waals surface area contributed by atoms with Crippen LogP contribution in [0.3, 0.4) is 0 Å². The Kier molecular flexibility index (Phi) is 3.93. The highest BCUT2D eigenvalue weighted by molar-refractivity contribution is 5.80. The number of carbonyl (C=O) groups excluding carboxylic acids is 1. The van der Waals surface area contributed by atoms with Crippen molar-refractivity contribution in [3.05, 3.63) is 53.6 Å². The molecule has 3 nitrogen and oxygen atoms in total. The van der Waals surface area contributed by atoms with Gasteiger partial charge >= 0.3 is 6.18 Å². The second-order valence-electron chi connectivity index (χ2n) is 4.35. The summed E-state index contributed by atoms with van der Waals surface area (Å²) in [4.78, 5) is 14.3. The number of hydrogen-bond donors (Lipinski definition) is 1. The van der Waals surface area contributed by atoms with Crippen molar-refractivity contribution >= 4 is 5.91 Å². The minimum atomic E-state index is -4.57. The highest BCUT2D eigenvalue weighted by Gasteiger charge is 2.32. The van der Waals surface area contributed by atoms with Crippen molar-refractivity contribution < 1.29 is 22.4 Å². The average Bonchev–Trinajstić information content (AvgIpc) is 2.37. The third-order valence-electron chi connectivity index (χ3n) is 2.81. The Labute approximate surface area is 117 Å². The Hall–Kier alpha value is -2.44. The molecule has 2 rings (SSSR count). The zero-order chi connectivity index (χ0) is 15.6. The van der Waals surface area contributed by atoms with Crippen LogP contribution in [-0.2, 0) is 17.4 Å². The highest BCUT2D eigenvalue weighted by Crippen LogP contribution is 2.31. The van der Waals surface area contributed by atoms with E-state index in [4.69, 9.17) is 5.73 Å². The van der Waals surface area contributed by atoms with E-state index in [-0.39, 0.29) is 17.5 Å². The van der Waals surface area contributed by atoms with Crippen molar-refractivity contribution in [1.29, 1.82) is 0 Å². The van der Waals surface area contributed by atoms with E-state index >= 15 is 0 Å². The predicted molar refractivity (Wildman–Crippen MR) is 67.5 cm³/mol. The number of rotatable bonds is 3. The normalized spacial score (nSPS) is 11.4. The van der Waals surface area contributed by atoms with Crippen LogP contribution < -0.4 is 5.73 Å². The maximum atomic E-state index is 13.9. The van der Waals surface area contributed by atoms with Gasteiger partial charge in [0.2, 0.25) is 5.91 Å². The van der Waals surface area contributed by atoms with Crippen LogP contribution in [-0.4, -0.2) is 10.9 Å². The van der Waals surface area contributed by atoms with Crippen molar-refractivity contribution in [3.63, 3.8) is 0 Å². The number of aromatic nitrogens is 1. The summed E-state index contributed by atoms with van der Waals surface area (Å²) < 4.78 is 51.3. The van der Waals surface area contributed by atoms with Gasteiger partial charge in [0.1, 0.15) is 11.5 Å². The van der Waals surface area contributed by atoms with E-state index in [0.29, 0.717) is 5.56 Å². The molecule has 0 radical (unpaired) electrons. The molecule has 0 saturated heterocycles. The molecule has 0 aliphatic heterocycles. The Morgan fingerprint density at radius 1 is 1.19 bits per heavy atom. The van der Waals surface area contributed by atoms with Crippen LogP contribution in [0.2, 0.25) is 0 Å². The number of alkyl halides is 3. The summed E-state index contributed by atoms with van der Waals surface area (Å²) in [6, 6.07) is 5.90. The molecule has 0 unspecified atom stereocenters. The molecule has 0 saturated carbocycles. The van der Waals surface area contributed by atoms with Crippen LogP contribution in [0.4, 0.5) is 17.6 Å². The van der Waals surface area contributed by atoms with E-state index in [1.807, 2.05) is 0 Å². The van der Waals surface area contributed by atoms with Crippen LogP contribution in [0, 0.1) is 5.82 Å². The average molecular weight is 298 g/mol. The Morgan fingerprint density at radius 2 is 1.90 bits per heavy atom. The van der Waals surface area contributed by atoms with Gasteiger partial charge in [-0.15, -0.1) is 0 Å². The zero-order valence-corrected chi connectivity index (χ0v) is 10.6. The first-order chi connectivity index (χ1) is 9.79. The number of amides is 1. The molecule has 21 heavy (non-hydrogen) atoms. The molecule has 0 spiro atoms. The molecule has 1 amide bonds. The van der Waals surface area contributed by atoms with E-state index in [9.17, 15) is 22.4 Å². The molecule has 0 bridgehead atoms. The van der Waals surface area contributed by atoms with Gasteiger partial charge in [0.15, 0.2) is 0 Å². The standard InChI is InChI=1S/C14H10F4N2O/c15-10-3-1-2-8(6-12(19)21)13(10)9-4-5-11(20-7-9)14(16,17)18/h1-5,7H,6H2,(H2,19,21). The molecule has 1 aromatic heterocycles. The molecule has 0 fully saturated rings. The first kappa shape index (κ1) is 15.0. The number of hydrogen-bond acceptors (Lipinski definition) is 2. The third kappa shape index (κ3) is 3.36. The lowest BCUT2D eigenvalue weighted by Crippen LogP contribution is -2.14. The van der Waals surface area contributed by atoms with Crippen molar-refractivity contribution in [2.75, 3.05) is 0 Å². The van der Waals surface area contributed by atoms with Gasteiger partial charge in [-0.2, -0.15) is 13.2 Å². The Bertz CT molecular complexity index is 666. The molecule has 2 N–H and O–H groups in total. The summed E-state index contributed by atoms with van der Waals surface area (Å²) >= 11 is 0. The summed E-state index contributed by atoms with van der Waals surface area (Å²) in [5.41, 5.74) is 4.48. The third-order valence-corrected chi connectivity index (χ3v) is 2.81. The van der Waals surface area contributed by atoms with E-state index < -0.39 is 23.6 Å². The van der Waals surface area contributed by atoms with E-state index in [0.717, 1.165) is 24.4 Å². The smallest absolute Gasteiger partial charge is 0.369 e. The molecule has 2 aromatic rings. The second kappa shape index (κ2) is 5.51. The molecule has 110 valence electrons. The summed E-state index contributed by atoms with van der Waals surface area (Å²) in [6.07, 6.45) is -3.86. The lowest BCUT2D eigenvalue weighted by atomic mass is 9.98. The van der Waals surface area contributed by atoms with Gasteiger partial charge < -0.3 is 5.73 Å². The fourth-order valence-electron chi connectivity index (χ4n) is 1.94. The molecule has 7 heteroatoms. The second-order valence-corrected chi connectivity index (χ2v) is 4.35. The monoisotopic (exact) mass is 298 g/mol. The maximum absolute atomic E-state index is 13.9. The zero-order valence-electron chi connectivity index (χ0n) is 10.6. The van der Waals surface area contributed by atoms with Gasteiger partial charge in [0.25, 0.3) is 0 Å². The fraction of sp³-hybridized carbons (Fsp3) is 0.143. The number of carbonyl (C=O) groups is 1. The molecule has 1 heterocycles. The molecule has 1 aromatic carbocycles. The van der Waals surface area contributed by atoms with E-state index in [1.54, 1.807) is 0 Å².